The number of halogens is 1. The summed E-state index contributed by atoms with van der Waals surface area (Å²) in [6.45, 7) is 2.50. The molecule has 0 bridgehead atoms. The van der Waals surface area contributed by atoms with E-state index in [1.54, 1.807) is 24.4 Å². The lowest BCUT2D eigenvalue weighted by atomic mass is 10.2. The van der Waals surface area contributed by atoms with Gasteiger partial charge in [-0.05, 0) is 37.3 Å². The maximum absolute atomic E-state index is 6.09. The van der Waals surface area contributed by atoms with E-state index in [-0.39, 0.29) is 0 Å². The van der Waals surface area contributed by atoms with Crippen LogP contribution in [0, 0.1) is 0 Å². The molecule has 1 aromatic carbocycles. The second-order valence-corrected chi connectivity index (χ2v) is 4.05. The average molecular weight is 264 g/mol. The van der Waals surface area contributed by atoms with Gasteiger partial charge in [-0.2, -0.15) is 0 Å². The Morgan fingerprint density at radius 2 is 2.22 bits per heavy atom. The van der Waals surface area contributed by atoms with E-state index in [0.29, 0.717) is 34.6 Å². The lowest BCUT2D eigenvalue weighted by molar-refractivity contribution is 0.341. The molecule has 0 radical (unpaired) electrons. The first-order valence-corrected chi connectivity index (χ1v) is 5.98. The minimum Gasteiger partial charge on any atom is -0.490 e. The molecule has 4 nitrogen and oxygen atoms in total. The third-order valence-corrected chi connectivity index (χ3v) is 2.64. The second kappa shape index (κ2) is 5.60. The molecule has 0 unspecified atom stereocenters. The number of ether oxygens (including phenoxy) is 1. The molecule has 5 heteroatoms. The van der Waals surface area contributed by atoms with Crippen molar-refractivity contribution in [1.82, 2.24) is 4.98 Å². The van der Waals surface area contributed by atoms with Crippen molar-refractivity contribution in [1.29, 1.82) is 0 Å². The molecule has 2 aromatic rings. The number of nitrogens with one attached hydrogen (secondary N) is 1. The molecule has 3 N–H and O–H groups in total. The van der Waals surface area contributed by atoms with Gasteiger partial charge in [-0.15, -0.1) is 0 Å². The lowest BCUT2D eigenvalue weighted by Crippen LogP contribution is -2.00. The smallest absolute Gasteiger partial charge is 0.173 e. The number of nitrogens with two attached hydrogens (primary N) is 1. The van der Waals surface area contributed by atoms with Gasteiger partial charge in [0.05, 0.1) is 17.3 Å². The van der Waals surface area contributed by atoms with Gasteiger partial charge in [0, 0.05) is 11.9 Å². The lowest BCUT2D eigenvalue weighted by Gasteiger charge is -2.12. The number of anilines is 3. The highest BCUT2D eigenvalue weighted by molar-refractivity contribution is 6.33. The Morgan fingerprint density at radius 3 is 3.00 bits per heavy atom. The molecule has 0 amide bonds. The summed E-state index contributed by atoms with van der Waals surface area (Å²) in [7, 11) is 0. The van der Waals surface area contributed by atoms with Crippen molar-refractivity contribution in [3.05, 3.63) is 41.6 Å². The van der Waals surface area contributed by atoms with Gasteiger partial charge in [-0.25, -0.2) is 4.98 Å². The Morgan fingerprint density at radius 1 is 1.39 bits per heavy atom. The van der Waals surface area contributed by atoms with Crippen molar-refractivity contribution in [2.75, 3.05) is 17.7 Å². The fourth-order valence-corrected chi connectivity index (χ4v) is 1.69. The Labute approximate surface area is 111 Å². The number of benzene rings is 1. The van der Waals surface area contributed by atoms with Crippen LogP contribution in [0.2, 0.25) is 5.02 Å². The molecule has 1 heterocycles. The third kappa shape index (κ3) is 2.84. The zero-order valence-corrected chi connectivity index (χ0v) is 10.7. The summed E-state index contributed by atoms with van der Waals surface area (Å²) in [5.41, 5.74) is 7.07. The molecular formula is C13H14ClN3O. The van der Waals surface area contributed by atoms with Crippen molar-refractivity contribution in [2.24, 2.45) is 0 Å². The van der Waals surface area contributed by atoms with Gasteiger partial charge in [0.1, 0.15) is 0 Å². The van der Waals surface area contributed by atoms with Crippen LogP contribution >= 0.6 is 11.6 Å². The first-order valence-electron chi connectivity index (χ1n) is 5.60. The maximum atomic E-state index is 6.09. The number of nitrogen functional groups attached to an aromatic ring is 1. The van der Waals surface area contributed by atoms with Crippen LogP contribution in [0.5, 0.6) is 5.75 Å². The number of rotatable bonds is 4. The molecule has 0 aliphatic rings. The molecular weight excluding hydrogens is 250 g/mol. The zero-order valence-electron chi connectivity index (χ0n) is 9.98. The monoisotopic (exact) mass is 263 g/mol. The molecule has 94 valence electrons. The number of hydrogen-bond acceptors (Lipinski definition) is 4. The molecule has 0 saturated heterocycles. The highest BCUT2D eigenvalue weighted by Crippen LogP contribution is 2.30. The summed E-state index contributed by atoms with van der Waals surface area (Å²) in [6, 6.07) is 8.90. The van der Waals surface area contributed by atoms with Crippen molar-refractivity contribution in [3.63, 3.8) is 0 Å². The van der Waals surface area contributed by atoms with Crippen LogP contribution in [0.4, 0.5) is 17.2 Å². The van der Waals surface area contributed by atoms with E-state index in [1.165, 1.54) is 0 Å². The van der Waals surface area contributed by atoms with Crippen molar-refractivity contribution >= 4 is 28.8 Å². The first-order chi connectivity index (χ1) is 8.70. The van der Waals surface area contributed by atoms with Crippen molar-refractivity contribution in [2.45, 2.75) is 6.92 Å². The Hall–Kier alpha value is -1.94. The molecule has 0 spiro atoms. The number of nitrogens with zero attached hydrogens (tertiary/aromatic N) is 1. The number of aromatic nitrogens is 1. The van der Waals surface area contributed by atoms with Crippen LogP contribution in [0.3, 0.4) is 0 Å². The maximum Gasteiger partial charge on any atom is 0.173 e. The van der Waals surface area contributed by atoms with Gasteiger partial charge in [0.2, 0.25) is 0 Å². The molecule has 18 heavy (non-hydrogen) atoms. The highest BCUT2D eigenvalue weighted by Gasteiger charge is 2.07. The number of pyridine rings is 1. The van der Waals surface area contributed by atoms with Crippen LogP contribution in [-0.2, 0) is 0 Å². The standard InChI is InChI=1S/C13H14ClN3O/c1-2-18-12-4-3-7-16-13(12)17-11-8-9(15)5-6-10(11)14/h3-8H,2,15H2,1H3,(H,16,17). The quantitative estimate of drug-likeness (QED) is 0.830. The third-order valence-electron chi connectivity index (χ3n) is 2.31. The van der Waals surface area contributed by atoms with E-state index in [9.17, 15) is 0 Å². The average Bonchev–Trinajstić information content (AvgIpc) is 2.36. The SMILES string of the molecule is CCOc1cccnc1Nc1cc(N)ccc1Cl. The van der Waals surface area contributed by atoms with Crippen LogP contribution < -0.4 is 15.8 Å². The Bertz CT molecular complexity index is 546. The topological polar surface area (TPSA) is 60.2 Å². The van der Waals surface area contributed by atoms with E-state index < -0.39 is 0 Å². The largest absolute Gasteiger partial charge is 0.490 e. The molecule has 1 aromatic heterocycles. The van der Waals surface area contributed by atoms with Gasteiger partial charge < -0.3 is 15.8 Å². The van der Waals surface area contributed by atoms with Crippen molar-refractivity contribution < 1.29 is 4.74 Å². The summed E-state index contributed by atoms with van der Waals surface area (Å²) < 4.78 is 5.48. The normalized spacial score (nSPS) is 10.1. The van der Waals surface area contributed by atoms with Crippen LogP contribution in [0.1, 0.15) is 6.92 Å². The van der Waals surface area contributed by atoms with Gasteiger partial charge in [-0.3, -0.25) is 0 Å². The number of hydrogen-bond donors (Lipinski definition) is 2. The van der Waals surface area contributed by atoms with Crippen molar-refractivity contribution in [3.8, 4) is 5.75 Å². The molecule has 0 atom stereocenters. The van der Waals surface area contributed by atoms with Gasteiger partial charge in [-0.1, -0.05) is 11.6 Å². The summed E-state index contributed by atoms with van der Waals surface area (Å²) in [6.07, 6.45) is 1.69. The van der Waals surface area contributed by atoms with Gasteiger partial charge >= 0.3 is 0 Å². The fourth-order valence-electron chi connectivity index (χ4n) is 1.52. The summed E-state index contributed by atoms with van der Waals surface area (Å²) >= 11 is 6.09. The summed E-state index contributed by atoms with van der Waals surface area (Å²) in [5, 5.41) is 3.70. The molecule has 0 saturated carbocycles. The minimum absolute atomic E-state index is 0.574. The fraction of sp³-hybridized carbons (Fsp3) is 0.154. The van der Waals surface area contributed by atoms with Gasteiger partial charge in [0.15, 0.2) is 11.6 Å². The minimum atomic E-state index is 0.574. The molecule has 2 rings (SSSR count). The van der Waals surface area contributed by atoms with E-state index in [0.717, 1.165) is 0 Å². The Balaban J connectivity index is 2.30. The summed E-state index contributed by atoms with van der Waals surface area (Å²) in [4.78, 5) is 4.23. The highest BCUT2D eigenvalue weighted by atomic mass is 35.5. The second-order valence-electron chi connectivity index (χ2n) is 3.65. The predicted molar refractivity (Wildman–Crippen MR) is 74.6 cm³/mol. The van der Waals surface area contributed by atoms with E-state index in [4.69, 9.17) is 22.1 Å². The van der Waals surface area contributed by atoms with E-state index >= 15 is 0 Å². The van der Waals surface area contributed by atoms with Crippen LogP contribution in [0.25, 0.3) is 0 Å². The van der Waals surface area contributed by atoms with E-state index in [1.807, 2.05) is 19.1 Å². The van der Waals surface area contributed by atoms with Gasteiger partial charge in [0.25, 0.3) is 0 Å². The van der Waals surface area contributed by atoms with E-state index in [2.05, 4.69) is 10.3 Å². The van der Waals surface area contributed by atoms with Crippen LogP contribution in [0.15, 0.2) is 36.5 Å². The van der Waals surface area contributed by atoms with Crippen LogP contribution in [-0.4, -0.2) is 11.6 Å². The molecule has 0 aliphatic carbocycles. The first kappa shape index (κ1) is 12.5. The molecule has 0 fully saturated rings. The molecule has 0 aliphatic heterocycles. The predicted octanol–water partition coefficient (Wildman–Crippen LogP) is 3.46. The summed E-state index contributed by atoms with van der Waals surface area (Å²) in [5.74, 6) is 1.30. The zero-order chi connectivity index (χ0) is 13.0. The Kier molecular flexibility index (Phi) is 3.89.